The van der Waals surface area contributed by atoms with E-state index in [1.54, 1.807) is 12.1 Å². The first kappa shape index (κ1) is 18.1. The molecule has 1 aromatic rings. The van der Waals surface area contributed by atoms with E-state index in [1.807, 2.05) is 26.0 Å². The molecule has 0 amide bonds. The van der Waals surface area contributed by atoms with Crippen LogP contribution in [0.5, 0.6) is 5.75 Å². The molecule has 1 unspecified atom stereocenters. The van der Waals surface area contributed by atoms with Crippen molar-refractivity contribution in [3.8, 4) is 5.75 Å². The Morgan fingerprint density at radius 3 is 2.59 bits per heavy atom. The van der Waals surface area contributed by atoms with Crippen molar-refractivity contribution in [3.63, 3.8) is 0 Å². The first-order valence-electron chi connectivity index (χ1n) is 7.82. The normalized spacial score (nSPS) is 12.8. The fraction of sp³-hybridized carbons (Fsp3) is 0.500. The van der Waals surface area contributed by atoms with Gasteiger partial charge < -0.3 is 14.8 Å². The summed E-state index contributed by atoms with van der Waals surface area (Å²) in [6.07, 6.45) is 3.08. The van der Waals surface area contributed by atoms with Crippen LogP contribution in [0.15, 0.2) is 41.7 Å². The van der Waals surface area contributed by atoms with Gasteiger partial charge >= 0.3 is 0 Å². The molecule has 22 heavy (non-hydrogen) atoms. The molecule has 0 spiro atoms. The molecule has 0 fully saturated rings. The summed E-state index contributed by atoms with van der Waals surface area (Å²) in [5.74, 6) is 0.247. The summed E-state index contributed by atoms with van der Waals surface area (Å²) in [5, 5.41) is 13.5. The largest absolute Gasteiger partial charge is 0.508 e. The minimum atomic E-state index is -0.0244. The lowest BCUT2D eigenvalue weighted by atomic mass is 10.1. The molecule has 122 valence electrons. The first-order valence-corrected chi connectivity index (χ1v) is 7.82. The van der Waals surface area contributed by atoms with Gasteiger partial charge in [-0.3, -0.25) is 0 Å². The van der Waals surface area contributed by atoms with Crippen LogP contribution in [0.4, 0.5) is 0 Å². The summed E-state index contributed by atoms with van der Waals surface area (Å²) in [5.41, 5.74) is 2.79. The zero-order chi connectivity index (χ0) is 16.5. The fourth-order valence-electron chi connectivity index (χ4n) is 2.00. The molecule has 0 saturated carbocycles. The van der Waals surface area contributed by atoms with Gasteiger partial charge in [0.1, 0.15) is 11.9 Å². The summed E-state index contributed by atoms with van der Waals surface area (Å²) in [6.45, 7) is 11.2. The Morgan fingerprint density at radius 1 is 1.36 bits per heavy atom. The van der Waals surface area contributed by atoms with Crippen molar-refractivity contribution in [3.05, 3.63) is 42.1 Å². The smallest absolute Gasteiger partial charge is 0.130 e. The van der Waals surface area contributed by atoms with E-state index in [2.05, 4.69) is 30.6 Å². The van der Waals surface area contributed by atoms with E-state index >= 15 is 0 Å². The molecule has 0 aliphatic rings. The lowest BCUT2D eigenvalue weighted by Gasteiger charge is -2.23. The molecule has 1 N–H and O–H groups in total. The zero-order valence-corrected chi connectivity index (χ0v) is 14.2. The van der Waals surface area contributed by atoms with Gasteiger partial charge in [0.25, 0.3) is 0 Å². The van der Waals surface area contributed by atoms with E-state index in [0.29, 0.717) is 0 Å². The van der Waals surface area contributed by atoms with Crippen LogP contribution in [-0.4, -0.2) is 35.4 Å². The number of rotatable bonds is 9. The van der Waals surface area contributed by atoms with Gasteiger partial charge in [-0.25, -0.2) is 0 Å². The highest BCUT2D eigenvalue weighted by atomic mass is 16.6. The van der Waals surface area contributed by atoms with Crippen molar-refractivity contribution in [1.29, 1.82) is 0 Å². The zero-order valence-electron chi connectivity index (χ0n) is 14.2. The summed E-state index contributed by atoms with van der Waals surface area (Å²) < 4.78 is 0. The van der Waals surface area contributed by atoms with Crippen LogP contribution in [0.1, 0.15) is 45.6 Å². The quantitative estimate of drug-likeness (QED) is 0.550. The van der Waals surface area contributed by atoms with E-state index in [-0.39, 0.29) is 11.9 Å². The predicted octanol–water partition coefficient (Wildman–Crippen LogP) is 4.16. The van der Waals surface area contributed by atoms with Gasteiger partial charge in [0, 0.05) is 25.7 Å². The number of hydrogen-bond acceptors (Lipinski definition) is 4. The molecule has 0 aliphatic carbocycles. The second kappa shape index (κ2) is 9.13. The first-order chi connectivity index (χ1) is 10.4. The molecule has 4 heteroatoms. The molecule has 1 atom stereocenters. The van der Waals surface area contributed by atoms with Crippen molar-refractivity contribution in [2.75, 3.05) is 13.6 Å². The Labute approximate surface area is 134 Å². The standard InChI is InChI=1S/C18H28N2O2/c1-6-7-12-20(5)14(2)13-15(3)22-19-16(4)17-8-10-18(21)11-9-17/h8-11,15,21H,2,6-7,12-13H2,1,3-5H3/b19-16+. The number of benzene rings is 1. The number of oxime groups is 1. The van der Waals surface area contributed by atoms with Crippen LogP contribution < -0.4 is 0 Å². The molecule has 0 heterocycles. The van der Waals surface area contributed by atoms with Gasteiger partial charge in [-0.05, 0) is 50.1 Å². The van der Waals surface area contributed by atoms with E-state index in [9.17, 15) is 5.11 Å². The van der Waals surface area contributed by atoms with Gasteiger partial charge in [-0.1, -0.05) is 25.1 Å². The second-order valence-corrected chi connectivity index (χ2v) is 5.69. The molecule has 0 radical (unpaired) electrons. The van der Waals surface area contributed by atoms with Gasteiger partial charge in [-0.15, -0.1) is 0 Å². The molecule has 1 rings (SSSR count). The Hall–Kier alpha value is -1.97. The van der Waals surface area contributed by atoms with Crippen molar-refractivity contribution >= 4 is 5.71 Å². The maximum Gasteiger partial charge on any atom is 0.130 e. The molecule has 4 nitrogen and oxygen atoms in total. The second-order valence-electron chi connectivity index (χ2n) is 5.69. The molecule has 0 saturated heterocycles. The van der Waals surface area contributed by atoms with Crippen LogP contribution in [0.3, 0.4) is 0 Å². The minimum absolute atomic E-state index is 0.0244. The van der Waals surface area contributed by atoms with Gasteiger partial charge in [-0.2, -0.15) is 0 Å². The highest BCUT2D eigenvalue weighted by Crippen LogP contribution is 2.13. The van der Waals surface area contributed by atoms with Crippen LogP contribution in [-0.2, 0) is 4.84 Å². The van der Waals surface area contributed by atoms with Crippen LogP contribution >= 0.6 is 0 Å². The third-order valence-corrected chi connectivity index (χ3v) is 3.56. The van der Waals surface area contributed by atoms with Crippen LogP contribution in [0, 0.1) is 0 Å². The van der Waals surface area contributed by atoms with E-state index in [1.165, 1.54) is 12.8 Å². The molecular formula is C18H28N2O2. The van der Waals surface area contributed by atoms with Crippen molar-refractivity contribution < 1.29 is 9.94 Å². The average Bonchev–Trinajstić information content (AvgIpc) is 2.50. The van der Waals surface area contributed by atoms with E-state index in [0.717, 1.165) is 29.9 Å². The highest BCUT2D eigenvalue weighted by molar-refractivity contribution is 5.98. The highest BCUT2D eigenvalue weighted by Gasteiger charge is 2.09. The van der Waals surface area contributed by atoms with Crippen molar-refractivity contribution in [2.24, 2.45) is 5.16 Å². The summed E-state index contributed by atoms with van der Waals surface area (Å²) in [4.78, 5) is 7.73. The lowest BCUT2D eigenvalue weighted by molar-refractivity contribution is 0.0682. The van der Waals surface area contributed by atoms with Crippen LogP contribution in [0.2, 0.25) is 0 Å². The minimum Gasteiger partial charge on any atom is -0.508 e. The van der Waals surface area contributed by atoms with Gasteiger partial charge in [0.2, 0.25) is 0 Å². The van der Waals surface area contributed by atoms with Crippen LogP contribution in [0.25, 0.3) is 0 Å². The fourth-order valence-corrected chi connectivity index (χ4v) is 2.00. The predicted molar refractivity (Wildman–Crippen MR) is 92.2 cm³/mol. The van der Waals surface area contributed by atoms with Gasteiger partial charge in [0.05, 0.1) is 5.71 Å². The van der Waals surface area contributed by atoms with Crippen molar-refractivity contribution in [2.45, 2.75) is 46.1 Å². The number of hydrogen-bond donors (Lipinski definition) is 1. The average molecular weight is 304 g/mol. The Bertz CT molecular complexity index is 494. The summed E-state index contributed by atoms with van der Waals surface area (Å²) >= 11 is 0. The Morgan fingerprint density at radius 2 is 2.00 bits per heavy atom. The molecular weight excluding hydrogens is 276 g/mol. The number of phenols is 1. The SMILES string of the molecule is C=C(CC(C)O/N=C(\C)c1ccc(O)cc1)N(C)CCCC. The third-order valence-electron chi connectivity index (χ3n) is 3.56. The number of nitrogens with zero attached hydrogens (tertiary/aromatic N) is 2. The maximum atomic E-state index is 9.28. The molecule has 0 aliphatic heterocycles. The summed E-state index contributed by atoms with van der Waals surface area (Å²) in [7, 11) is 2.07. The monoisotopic (exact) mass is 304 g/mol. The Balaban J connectivity index is 2.47. The van der Waals surface area contributed by atoms with Crippen molar-refractivity contribution in [1.82, 2.24) is 4.90 Å². The summed E-state index contributed by atoms with van der Waals surface area (Å²) in [6, 6.07) is 6.92. The molecule has 0 bridgehead atoms. The Kier molecular flexibility index (Phi) is 7.50. The number of aromatic hydroxyl groups is 1. The molecule has 0 aromatic heterocycles. The topological polar surface area (TPSA) is 45.1 Å². The number of phenolic OH excluding ortho intramolecular Hbond substituents is 1. The number of unbranched alkanes of at least 4 members (excludes halogenated alkanes) is 1. The molecule has 1 aromatic carbocycles. The third kappa shape index (κ3) is 6.20. The van der Waals surface area contributed by atoms with Gasteiger partial charge in [0.15, 0.2) is 0 Å². The van der Waals surface area contributed by atoms with E-state index < -0.39 is 0 Å². The maximum absolute atomic E-state index is 9.28. The lowest BCUT2D eigenvalue weighted by Crippen LogP contribution is -2.21. The van der Waals surface area contributed by atoms with E-state index in [4.69, 9.17) is 4.84 Å².